The number of nitrogens with zero attached hydrogens (tertiary/aromatic N) is 1. The van der Waals surface area contributed by atoms with E-state index < -0.39 is 0 Å². The lowest BCUT2D eigenvalue weighted by molar-refractivity contribution is -0.119. The summed E-state index contributed by atoms with van der Waals surface area (Å²) in [4.78, 5) is 27.2. The first kappa shape index (κ1) is 20.0. The summed E-state index contributed by atoms with van der Waals surface area (Å²) in [6.45, 7) is 0.555. The highest BCUT2D eigenvalue weighted by Gasteiger charge is 2.24. The van der Waals surface area contributed by atoms with Crippen molar-refractivity contribution in [1.82, 2.24) is 0 Å². The van der Waals surface area contributed by atoms with Crippen molar-refractivity contribution in [2.45, 2.75) is 25.8 Å². The average Bonchev–Trinajstić information content (AvgIpc) is 2.82. The first-order valence-electron chi connectivity index (χ1n) is 10.9. The van der Waals surface area contributed by atoms with Gasteiger partial charge >= 0.3 is 0 Å². The zero-order valence-electron chi connectivity index (χ0n) is 17.8. The molecule has 1 heterocycles. The normalized spacial score (nSPS) is 13.1. The van der Waals surface area contributed by atoms with E-state index in [-0.39, 0.29) is 11.8 Å². The van der Waals surface area contributed by atoms with Crippen LogP contribution in [0.4, 0.5) is 11.4 Å². The molecular formula is C28H24N2O2. The van der Waals surface area contributed by atoms with Gasteiger partial charge in [-0.3, -0.25) is 9.59 Å². The van der Waals surface area contributed by atoms with Gasteiger partial charge in [0.2, 0.25) is 11.8 Å². The van der Waals surface area contributed by atoms with E-state index >= 15 is 0 Å². The van der Waals surface area contributed by atoms with Crippen LogP contribution in [0.3, 0.4) is 0 Å². The molecule has 0 aliphatic carbocycles. The van der Waals surface area contributed by atoms with E-state index in [9.17, 15) is 9.59 Å². The van der Waals surface area contributed by atoms with Crippen molar-refractivity contribution in [3.05, 3.63) is 108 Å². The largest absolute Gasteiger partial charge is 0.326 e. The van der Waals surface area contributed by atoms with Crippen LogP contribution in [-0.4, -0.2) is 11.8 Å². The van der Waals surface area contributed by atoms with Crippen LogP contribution in [0.2, 0.25) is 0 Å². The van der Waals surface area contributed by atoms with Gasteiger partial charge in [0.25, 0.3) is 0 Å². The van der Waals surface area contributed by atoms with Gasteiger partial charge in [0.15, 0.2) is 0 Å². The lowest BCUT2D eigenvalue weighted by atomic mass is 9.99. The van der Waals surface area contributed by atoms with E-state index in [0.717, 1.165) is 38.8 Å². The molecule has 158 valence electrons. The molecule has 0 aromatic heterocycles. The fraction of sp³-hybridized carbons (Fsp3) is 0.143. The second-order valence-electron chi connectivity index (χ2n) is 8.17. The van der Waals surface area contributed by atoms with Crippen LogP contribution in [0.15, 0.2) is 91.0 Å². The molecule has 1 aliphatic heterocycles. The molecule has 32 heavy (non-hydrogen) atoms. The lowest BCUT2D eigenvalue weighted by Gasteiger charge is -2.30. The highest BCUT2D eigenvalue weighted by atomic mass is 16.2. The molecule has 1 N–H and O–H groups in total. The minimum Gasteiger partial charge on any atom is -0.326 e. The summed E-state index contributed by atoms with van der Waals surface area (Å²) >= 11 is 0. The third-order valence-electron chi connectivity index (χ3n) is 5.98. The average molecular weight is 421 g/mol. The Hall–Kier alpha value is -3.92. The van der Waals surface area contributed by atoms with E-state index in [1.165, 1.54) is 0 Å². The number of anilines is 2. The number of amides is 2. The number of nitrogens with one attached hydrogen (secondary N) is 1. The van der Waals surface area contributed by atoms with Crippen molar-refractivity contribution in [1.29, 1.82) is 0 Å². The van der Waals surface area contributed by atoms with Crippen LogP contribution >= 0.6 is 0 Å². The highest BCUT2D eigenvalue weighted by molar-refractivity contribution is 5.99. The van der Waals surface area contributed by atoms with Crippen LogP contribution < -0.4 is 10.2 Å². The van der Waals surface area contributed by atoms with Crippen molar-refractivity contribution in [2.24, 2.45) is 0 Å². The van der Waals surface area contributed by atoms with Gasteiger partial charge in [-0.1, -0.05) is 72.8 Å². The Labute approximate surface area is 187 Å². The Morgan fingerprint density at radius 1 is 0.844 bits per heavy atom. The van der Waals surface area contributed by atoms with Crippen molar-refractivity contribution < 1.29 is 9.59 Å². The fourth-order valence-electron chi connectivity index (χ4n) is 4.40. The Morgan fingerprint density at radius 2 is 1.62 bits per heavy atom. The summed E-state index contributed by atoms with van der Waals surface area (Å²) < 4.78 is 0. The van der Waals surface area contributed by atoms with Crippen molar-refractivity contribution >= 4 is 34.0 Å². The van der Waals surface area contributed by atoms with E-state index in [1.807, 2.05) is 77.7 Å². The van der Waals surface area contributed by atoms with Gasteiger partial charge in [0.05, 0.1) is 13.0 Å². The van der Waals surface area contributed by atoms with E-state index in [4.69, 9.17) is 0 Å². The number of aryl methyl sites for hydroxylation is 1. The molecule has 0 saturated heterocycles. The van der Waals surface area contributed by atoms with Gasteiger partial charge < -0.3 is 10.2 Å². The van der Waals surface area contributed by atoms with Crippen LogP contribution in [-0.2, 0) is 29.0 Å². The third-order valence-corrected chi connectivity index (χ3v) is 5.98. The second kappa shape index (κ2) is 8.67. The lowest BCUT2D eigenvalue weighted by Crippen LogP contribution is -2.34. The summed E-state index contributed by atoms with van der Waals surface area (Å²) in [6.07, 6.45) is 1.48. The van der Waals surface area contributed by atoms with E-state index in [1.54, 1.807) is 0 Å². The molecule has 5 rings (SSSR count). The zero-order valence-corrected chi connectivity index (χ0v) is 17.8. The first-order chi connectivity index (χ1) is 15.7. The number of hydrogen-bond acceptors (Lipinski definition) is 2. The van der Waals surface area contributed by atoms with Crippen molar-refractivity contribution in [2.75, 3.05) is 10.2 Å². The van der Waals surface area contributed by atoms with Crippen molar-refractivity contribution in [3.63, 3.8) is 0 Å². The predicted octanol–water partition coefficient (Wildman–Crippen LogP) is 5.50. The summed E-state index contributed by atoms with van der Waals surface area (Å²) in [5, 5.41) is 5.28. The smallest absolute Gasteiger partial charge is 0.228 e. The minimum atomic E-state index is -0.0469. The van der Waals surface area contributed by atoms with Crippen LogP contribution in [0.1, 0.15) is 23.1 Å². The molecule has 0 atom stereocenters. The quantitative estimate of drug-likeness (QED) is 0.463. The monoisotopic (exact) mass is 420 g/mol. The molecule has 4 nitrogen and oxygen atoms in total. The van der Waals surface area contributed by atoms with Crippen LogP contribution in [0, 0.1) is 0 Å². The molecule has 0 unspecified atom stereocenters. The van der Waals surface area contributed by atoms with Crippen LogP contribution in [0.25, 0.3) is 10.8 Å². The van der Waals surface area contributed by atoms with Gasteiger partial charge in [-0.2, -0.15) is 0 Å². The highest BCUT2D eigenvalue weighted by Crippen LogP contribution is 2.31. The number of fused-ring (bicyclic) bond motifs is 2. The maximum Gasteiger partial charge on any atom is 0.228 e. The molecule has 0 saturated carbocycles. The van der Waals surface area contributed by atoms with Gasteiger partial charge in [0.1, 0.15) is 0 Å². The number of rotatable bonds is 5. The maximum atomic E-state index is 12.8. The van der Waals surface area contributed by atoms with E-state index in [0.29, 0.717) is 25.8 Å². The van der Waals surface area contributed by atoms with Crippen LogP contribution in [0.5, 0.6) is 0 Å². The topological polar surface area (TPSA) is 49.4 Å². The molecular weight excluding hydrogens is 396 g/mol. The number of hydrogen-bond donors (Lipinski definition) is 1. The Morgan fingerprint density at radius 3 is 2.50 bits per heavy atom. The minimum absolute atomic E-state index is 0.0469. The Balaban J connectivity index is 1.33. The molecule has 4 aromatic carbocycles. The molecule has 4 heteroatoms. The molecule has 4 aromatic rings. The first-order valence-corrected chi connectivity index (χ1v) is 10.9. The van der Waals surface area contributed by atoms with Gasteiger partial charge in [0, 0.05) is 17.8 Å². The number of benzene rings is 4. The standard InChI is InChI=1S/C28H24N2O2/c31-27(18-22-11-6-10-21-9-4-5-12-25(21)22)29-24-14-15-26-23(17-24)13-16-28(32)30(26)19-20-7-2-1-3-8-20/h1-12,14-15,17H,13,16,18-19H2,(H,29,31). The summed E-state index contributed by atoms with van der Waals surface area (Å²) in [5.41, 5.74) is 4.89. The molecule has 0 spiro atoms. The summed E-state index contributed by atoms with van der Waals surface area (Å²) in [5.74, 6) is 0.0865. The second-order valence-corrected chi connectivity index (χ2v) is 8.17. The molecule has 1 aliphatic rings. The van der Waals surface area contributed by atoms with Gasteiger partial charge in [-0.05, 0) is 52.1 Å². The molecule has 0 bridgehead atoms. The molecule has 0 radical (unpaired) electrons. The summed E-state index contributed by atoms with van der Waals surface area (Å²) in [6, 6.07) is 30.0. The maximum absolute atomic E-state index is 12.8. The SMILES string of the molecule is O=C(Cc1cccc2ccccc12)Nc1ccc2c(c1)CCC(=O)N2Cc1ccccc1. The summed E-state index contributed by atoms with van der Waals surface area (Å²) in [7, 11) is 0. The molecule has 2 amide bonds. The van der Waals surface area contributed by atoms with Gasteiger partial charge in [-0.25, -0.2) is 0 Å². The number of carbonyl (C=O) groups excluding carboxylic acids is 2. The van der Waals surface area contributed by atoms with Crippen molar-refractivity contribution in [3.8, 4) is 0 Å². The fourth-order valence-corrected chi connectivity index (χ4v) is 4.40. The Bertz CT molecular complexity index is 1290. The molecule has 0 fully saturated rings. The van der Waals surface area contributed by atoms with Gasteiger partial charge in [-0.15, -0.1) is 0 Å². The number of carbonyl (C=O) groups is 2. The predicted molar refractivity (Wildman–Crippen MR) is 129 cm³/mol. The third kappa shape index (κ3) is 4.12. The Kier molecular flexibility index (Phi) is 5.42. The van der Waals surface area contributed by atoms with E-state index in [2.05, 4.69) is 23.5 Å². The zero-order chi connectivity index (χ0) is 21.9.